The SMILES string of the molecule is Cc1cc([N+](=O)[O-])cnc1N1CCN(C(=O)c2ccccc2F)CC1. The third-order valence-electron chi connectivity index (χ3n) is 4.22. The van der Waals surface area contributed by atoms with E-state index in [1.54, 1.807) is 24.0 Å². The number of aryl methyl sites for hydroxylation is 1. The summed E-state index contributed by atoms with van der Waals surface area (Å²) in [7, 11) is 0. The van der Waals surface area contributed by atoms with Crippen LogP contribution in [0.5, 0.6) is 0 Å². The molecule has 7 nitrogen and oxygen atoms in total. The average Bonchev–Trinajstić information content (AvgIpc) is 2.61. The first-order chi connectivity index (χ1) is 12.0. The smallest absolute Gasteiger partial charge is 0.287 e. The molecule has 1 aliphatic rings. The fourth-order valence-corrected chi connectivity index (χ4v) is 2.91. The molecule has 1 aromatic heterocycles. The van der Waals surface area contributed by atoms with E-state index >= 15 is 0 Å². The average molecular weight is 344 g/mol. The summed E-state index contributed by atoms with van der Waals surface area (Å²) in [6.45, 7) is 3.71. The summed E-state index contributed by atoms with van der Waals surface area (Å²) in [5.41, 5.74) is 0.735. The molecule has 1 aromatic carbocycles. The minimum absolute atomic E-state index is 0.0467. The van der Waals surface area contributed by atoms with Crippen LogP contribution < -0.4 is 4.90 Å². The molecular formula is C17H17FN4O3. The summed E-state index contributed by atoms with van der Waals surface area (Å²) in [5, 5.41) is 10.8. The van der Waals surface area contributed by atoms with E-state index in [0.29, 0.717) is 37.6 Å². The van der Waals surface area contributed by atoms with Crippen molar-refractivity contribution in [2.45, 2.75) is 6.92 Å². The molecule has 8 heteroatoms. The van der Waals surface area contributed by atoms with Crippen molar-refractivity contribution in [3.05, 3.63) is 63.6 Å². The number of carbonyl (C=O) groups is 1. The maximum Gasteiger partial charge on any atom is 0.287 e. The molecule has 1 aliphatic heterocycles. The number of nitrogens with zero attached hydrogens (tertiary/aromatic N) is 4. The number of halogens is 1. The lowest BCUT2D eigenvalue weighted by molar-refractivity contribution is -0.385. The quantitative estimate of drug-likeness (QED) is 0.631. The molecule has 2 heterocycles. The Morgan fingerprint density at radius 2 is 1.92 bits per heavy atom. The monoisotopic (exact) mass is 344 g/mol. The molecular weight excluding hydrogens is 327 g/mol. The van der Waals surface area contributed by atoms with Gasteiger partial charge in [-0.1, -0.05) is 12.1 Å². The van der Waals surface area contributed by atoms with Crippen LogP contribution >= 0.6 is 0 Å². The van der Waals surface area contributed by atoms with Crippen LogP contribution in [0.25, 0.3) is 0 Å². The van der Waals surface area contributed by atoms with Gasteiger partial charge in [-0.25, -0.2) is 9.37 Å². The van der Waals surface area contributed by atoms with Gasteiger partial charge in [-0.05, 0) is 24.6 Å². The van der Waals surface area contributed by atoms with Crippen LogP contribution in [0.2, 0.25) is 0 Å². The van der Waals surface area contributed by atoms with Gasteiger partial charge in [0.25, 0.3) is 11.6 Å². The van der Waals surface area contributed by atoms with Crippen LogP contribution in [0.4, 0.5) is 15.9 Å². The Morgan fingerprint density at radius 3 is 2.52 bits per heavy atom. The van der Waals surface area contributed by atoms with Crippen LogP contribution in [0, 0.1) is 22.9 Å². The second-order valence-electron chi connectivity index (χ2n) is 5.85. The first-order valence-electron chi connectivity index (χ1n) is 7.87. The van der Waals surface area contributed by atoms with Crippen LogP contribution in [-0.4, -0.2) is 46.9 Å². The summed E-state index contributed by atoms with van der Waals surface area (Å²) in [6, 6.07) is 7.42. The Kier molecular flexibility index (Phi) is 4.60. The number of pyridine rings is 1. The Hall–Kier alpha value is -3.03. The first kappa shape index (κ1) is 16.8. The maximum atomic E-state index is 13.8. The lowest BCUT2D eigenvalue weighted by Crippen LogP contribution is -2.49. The van der Waals surface area contributed by atoms with E-state index in [1.165, 1.54) is 24.4 Å². The first-order valence-corrected chi connectivity index (χ1v) is 7.87. The highest BCUT2D eigenvalue weighted by Gasteiger charge is 2.25. The largest absolute Gasteiger partial charge is 0.353 e. The molecule has 2 aromatic rings. The summed E-state index contributed by atoms with van der Waals surface area (Å²) < 4.78 is 13.8. The zero-order valence-corrected chi connectivity index (χ0v) is 13.7. The van der Waals surface area contributed by atoms with E-state index in [-0.39, 0.29) is 17.2 Å². The number of amides is 1. The van der Waals surface area contributed by atoms with Crippen LogP contribution in [-0.2, 0) is 0 Å². The van der Waals surface area contributed by atoms with Gasteiger partial charge < -0.3 is 9.80 Å². The van der Waals surface area contributed by atoms with Gasteiger partial charge in [0.15, 0.2) is 0 Å². The molecule has 3 rings (SSSR count). The number of benzene rings is 1. The van der Waals surface area contributed by atoms with Crippen molar-refractivity contribution in [1.29, 1.82) is 0 Å². The highest BCUT2D eigenvalue weighted by molar-refractivity contribution is 5.94. The molecule has 0 aliphatic carbocycles. The minimum atomic E-state index is -0.525. The molecule has 1 fully saturated rings. The Labute approximate surface area is 143 Å². The molecule has 0 radical (unpaired) electrons. The van der Waals surface area contributed by atoms with Gasteiger partial charge in [0.2, 0.25) is 0 Å². The lowest BCUT2D eigenvalue weighted by Gasteiger charge is -2.36. The normalized spacial score (nSPS) is 14.5. The molecule has 25 heavy (non-hydrogen) atoms. The van der Waals surface area contributed by atoms with Gasteiger partial charge in [0.05, 0.1) is 10.5 Å². The van der Waals surface area contributed by atoms with Crippen molar-refractivity contribution >= 4 is 17.4 Å². The van der Waals surface area contributed by atoms with Crippen molar-refractivity contribution in [2.24, 2.45) is 0 Å². The molecule has 0 spiro atoms. The molecule has 1 amide bonds. The molecule has 130 valence electrons. The van der Waals surface area contributed by atoms with Crippen molar-refractivity contribution < 1.29 is 14.1 Å². The number of nitro groups is 1. The standard InChI is InChI=1S/C17H17FN4O3/c1-12-10-13(22(24)25)11-19-16(12)20-6-8-21(9-7-20)17(23)14-4-2-3-5-15(14)18/h2-5,10-11H,6-9H2,1H3. The van der Waals surface area contributed by atoms with Crippen LogP contribution in [0.3, 0.4) is 0 Å². The van der Waals surface area contributed by atoms with Gasteiger partial charge in [-0.3, -0.25) is 14.9 Å². The molecule has 0 bridgehead atoms. The molecule has 0 saturated carbocycles. The maximum absolute atomic E-state index is 13.8. The second-order valence-corrected chi connectivity index (χ2v) is 5.85. The predicted molar refractivity (Wildman–Crippen MR) is 90.1 cm³/mol. The van der Waals surface area contributed by atoms with Crippen molar-refractivity contribution in [3.63, 3.8) is 0 Å². The third kappa shape index (κ3) is 3.42. The van der Waals surface area contributed by atoms with E-state index in [9.17, 15) is 19.3 Å². The van der Waals surface area contributed by atoms with E-state index < -0.39 is 10.7 Å². The molecule has 0 atom stereocenters. The summed E-state index contributed by atoms with van der Waals surface area (Å²) >= 11 is 0. The Morgan fingerprint density at radius 1 is 1.24 bits per heavy atom. The van der Waals surface area contributed by atoms with E-state index in [4.69, 9.17) is 0 Å². The topological polar surface area (TPSA) is 79.6 Å². The second kappa shape index (κ2) is 6.84. The highest BCUT2D eigenvalue weighted by Crippen LogP contribution is 2.23. The van der Waals surface area contributed by atoms with Gasteiger partial charge in [-0.2, -0.15) is 0 Å². The number of hydrogen-bond donors (Lipinski definition) is 0. The fraction of sp³-hybridized carbons (Fsp3) is 0.294. The molecule has 0 unspecified atom stereocenters. The van der Waals surface area contributed by atoms with Crippen molar-refractivity contribution in [1.82, 2.24) is 9.88 Å². The Balaban J connectivity index is 1.69. The zero-order chi connectivity index (χ0) is 18.0. The Bertz CT molecular complexity index is 819. The summed E-state index contributed by atoms with van der Waals surface area (Å²) in [6.07, 6.45) is 1.24. The van der Waals surface area contributed by atoms with E-state index in [0.717, 1.165) is 0 Å². The van der Waals surface area contributed by atoms with Crippen molar-refractivity contribution in [2.75, 3.05) is 31.1 Å². The third-order valence-corrected chi connectivity index (χ3v) is 4.22. The molecule has 0 N–H and O–H groups in total. The number of anilines is 1. The fourth-order valence-electron chi connectivity index (χ4n) is 2.91. The molecule has 1 saturated heterocycles. The van der Waals surface area contributed by atoms with Gasteiger partial charge in [0, 0.05) is 32.2 Å². The van der Waals surface area contributed by atoms with Crippen LogP contribution in [0.1, 0.15) is 15.9 Å². The number of aromatic nitrogens is 1. The van der Waals surface area contributed by atoms with Gasteiger partial charge in [0.1, 0.15) is 17.8 Å². The number of piperazine rings is 1. The van der Waals surface area contributed by atoms with Gasteiger partial charge in [-0.15, -0.1) is 0 Å². The summed E-state index contributed by atoms with van der Waals surface area (Å²) in [4.78, 5) is 30.5. The number of rotatable bonds is 3. The van der Waals surface area contributed by atoms with Gasteiger partial charge >= 0.3 is 0 Å². The predicted octanol–water partition coefficient (Wildman–Crippen LogP) is 2.40. The van der Waals surface area contributed by atoms with E-state index in [2.05, 4.69) is 4.98 Å². The summed E-state index contributed by atoms with van der Waals surface area (Å²) in [5.74, 6) is -0.183. The number of carbonyl (C=O) groups excluding carboxylic acids is 1. The lowest BCUT2D eigenvalue weighted by atomic mass is 10.1. The van der Waals surface area contributed by atoms with Crippen molar-refractivity contribution in [3.8, 4) is 0 Å². The zero-order valence-electron chi connectivity index (χ0n) is 13.7. The highest BCUT2D eigenvalue weighted by atomic mass is 19.1. The van der Waals surface area contributed by atoms with Crippen LogP contribution in [0.15, 0.2) is 36.5 Å². The minimum Gasteiger partial charge on any atom is -0.353 e. The number of hydrogen-bond acceptors (Lipinski definition) is 5. The van der Waals surface area contributed by atoms with E-state index in [1.807, 2.05) is 4.90 Å².